The summed E-state index contributed by atoms with van der Waals surface area (Å²) in [4.78, 5) is 24.6. The summed E-state index contributed by atoms with van der Waals surface area (Å²) in [6.45, 7) is 4.20. The number of hydrogen-bond acceptors (Lipinski definition) is 3. The zero-order valence-electron chi connectivity index (χ0n) is 17.5. The van der Waals surface area contributed by atoms with E-state index in [1.165, 1.54) is 5.56 Å². The average Bonchev–Trinajstić information content (AvgIpc) is 2.78. The summed E-state index contributed by atoms with van der Waals surface area (Å²) >= 11 is 3.52. The second-order valence-electron chi connectivity index (χ2n) is 7.24. The van der Waals surface area contributed by atoms with Crippen molar-refractivity contribution in [2.75, 3.05) is 17.2 Å². The zero-order valence-corrected chi connectivity index (χ0v) is 19.1. The number of carbonyl (C=O) groups is 2. The highest BCUT2D eigenvalue weighted by Crippen LogP contribution is 2.30. The molecule has 3 aromatic rings. The van der Waals surface area contributed by atoms with Crippen LogP contribution in [-0.2, 0) is 4.79 Å². The van der Waals surface area contributed by atoms with Crippen LogP contribution in [0.25, 0.3) is 0 Å². The van der Waals surface area contributed by atoms with Crippen LogP contribution in [-0.4, -0.2) is 18.4 Å². The number of hydrogen-bond donors (Lipinski definition) is 2. The lowest BCUT2D eigenvalue weighted by atomic mass is 9.99. The number of halogens is 1. The van der Waals surface area contributed by atoms with Crippen LogP contribution in [0.15, 0.2) is 77.3 Å². The Morgan fingerprint density at radius 1 is 0.935 bits per heavy atom. The number of rotatable bonds is 8. The Morgan fingerprint density at radius 3 is 2.32 bits per heavy atom. The van der Waals surface area contributed by atoms with Crippen LogP contribution in [0.3, 0.4) is 0 Å². The number of amides is 2. The Hall–Kier alpha value is -3.12. The van der Waals surface area contributed by atoms with E-state index >= 15 is 0 Å². The summed E-state index contributed by atoms with van der Waals surface area (Å²) in [5.74, 6) is 0.580. The first-order valence-corrected chi connectivity index (χ1v) is 10.9. The molecule has 0 aliphatic rings. The van der Waals surface area contributed by atoms with E-state index < -0.39 is 0 Å². The smallest absolute Gasteiger partial charge is 0.262 e. The number of ether oxygens (including phenoxy) is 1. The quantitative estimate of drug-likeness (QED) is 0.401. The fraction of sp³-hybridized carbons (Fsp3) is 0.200. The van der Waals surface area contributed by atoms with Gasteiger partial charge in [-0.1, -0.05) is 44.2 Å². The van der Waals surface area contributed by atoms with Gasteiger partial charge < -0.3 is 15.4 Å². The molecule has 0 bridgehead atoms. The van der Waals surface area contributed by atoms with Gasteiger partial charge in [0.2, 0.25) is 0 Å². The molecule has 2 amide bonds. The van der Waals surface area contributed by atoms with E-state index in [0.29, 0.717) is 28.6 Å². The van der Waals surface area contributed by atoms with Crippen molar-refractivity contribution in [3.63, 3.8) is 0 Å². The van der Waals surface area contributed by atoms with Crippen molar-refractivity contribution in [2.45, 2.75) is 26.2 Å². The molecular weight excluding hydrogens is 456 g/mol. The van der Waals surface area contributed by atoms with Crippen LogP contribution in [0, 0.1) is 0 Å². The fourth-order valence-corrected chi connectivity index (χ4v) is 3.50. The largest absolute Gasteiger partial charge is 0.483 e. The molecule has 0 saturated carbocycles. The fourth-order valence-electron chi connectivity index (χ4n) is 2.98. The molecular formula is C25H25BrN2O3. The van der Waals surface area contributed by atoms with Gasteiger partial charge in [-0.25, -0.2) is 0 Å². The van der Waals surface area contributed by atoms with Gasteiger partial charge in [0.15, 0.2) is 6.61 Å². The van der Waals surface area contributed by atoms with E-state index in [2.05, 4.69) is 40.4 Å². The van der Waals surface area contributed by atoms with Crippen molar-refractivity contribution in [2.24, 2.45) is 0 Å². The minimum Gasteiger partial charge on any atom is -0.483 e. The van der Waals surface area contributed by atoms with Crippen molar-refractivity contribution in [3.8, 4) is 5.75 Å². The summed E-state index contributed by atoms with van der Waals surface area (Å²) in [6.07, 6.45) is 1.06. The van der Waals surface area contributed by atoms with E-state index in [9.17, 15) is 9.59 Å². The molecule has 0 heterocycles. The highest BCUT2D eigenvalue weighted by molar-refractivity contribution is 9.10. The topological polar surface area (TPSA) is 67.4 Å². The number of benzene rings is 3. The van der Waals surface area contributed by atoms with Gasteiger partial charge in [-0.05, 0) is 76.3 Å². The third-order valence-corrected chi connectivity index (χ3v) is 5.56. The highest BCUT2D eigenvalue weighted by Gasteiger charge is 2.10. The Balaban J connectivity index is 1.56. The molecule has 0 aliphatic carbocycles. The molecule has 0 radical (unpaired) electrons. The second kappa shape index (κ2) is 10.8. The summed E-state index contributed by atoms with van der Waals surface area (Å²) < 4.78 is 6.49. The van der Waals surface area contributed by atoms with Crippen LogP contribution in [0.4, 0.5) is 11.4 Å². The monoisotopic (exact) mass is 480 g/mol. The maximum atomic E-state index is 12.3. The minimum atomic E-state index is -0.288. The summed E-state index contributed by atoms with van der Waals surface area (Å²) in [6, 6.07) is 21.9. The molecule has 31 heavy (non-hydrogen) atoms. The van der Waals surface area contributed by atoms with Crippen molar-refractivity contribution in [1.82, 2.24) is 0 Å². The lowest BCUT2D eigenvalue weighted by molar-refractivity contribution is -0.118. The Bertz CT molecular complexity index is 1050. The first-order valence-electron chi connectivity index (χ1n) is 10.1. The van der Waals surface area contributed by atoms with E-state index in [0.717, 1.165) is 10.9 Å². The normalized spacial score (nSPS) is 11.5. The number of nitrogens with one attached hydrogen (secondary N) is 2. The molecule has 160 valence electrons. The average molecular weight is 481 g/mol. The summed E-state index contributed by atoms with van der Waals surface area (Å²) in [7, 11) is 0. The third kappa shape index (κ3) is 6.43. The molecule has 6 heteroatoms. The molecule has 1 atom stereocenters. The molecule has 1 unspecified atom stereocenters. The van der Waals surface area contributed by atoms with Gasteiger partial charge in [0.05, 0.1) is 4.47 Å². The third-order valence-electron chi connectivity index (χ3n) is 4.94. The molecule has 0 saturated heterocycles. The van der Waals surface area contributed by atoms with Gasteiger partial charge in [-0.15, -0.1) is 0 Å². The van der Waals surface area contributed by atoms with Crippen LogP contribution in [0.5, 0.6) is 5.75 Å². The molecule has 0 fully saturated rings. The highest BCUT2D eigenvalue weighted by atomic mass is 79.9. The van der Waals surface area contributed by atoms with Gasteiger partial charge in [-0.3, -0.25) is 9.59 Å². The molecule has 2 N–H and O–H groups in total. The molecule has 5 nitrogen and oxygen atoms in total. The predicted octanol–water partition coefficient (Wildman–Crippen LogP) is 6.23. The Kier molecular flexibility index (Phi) is 7.84. The van der Waals surface area contributed by atoms with Gasteiger partial charge in [0.1, 0.15) is 5.75 Å². The lowest BCUT2D eigenvalue weighted by Gasteiger charge is -2.13. The van der Waals surface area contributed by atoms with Crippen LogP contribution < -0.4 is 15.4 Å². The predicted molar refractivity (Wildman–Crippen MR) is 128 cm³/mol. The maximum absolute atomic E-state index is 12.3. The number of anilines is 2. The van der Waals surface area contributed by atoms with Gasteiger partial charge in [-0.2, -0.15) is 0 Å². The molecule has 0 aliphatic heterocycles. The van der Waals surface area contributed by atoms with Crippen molar-refractivity contribution in [3.05, 3.63) is 88.4 Å². The van der Waals surface area contributed by atoms with Crippen LogP contribution in [0.2, 0.25) is 0 Å². The van der Waals surface area contributed by atoms with E-state index in [1.54, 1.807) is 36.4 Å². The zero-order chi connectivity index (χ0) is 22.2. The van der Waals surface area contributed by atoms with Gasteiger partial charge in [0.25, 0.3) is 11.8 Å². The van der Waals surface area contributed by atoms with Crippen molar-refractivity contribution >= 4 is 39.1 Å². The minimum absolute atomic E-state index is 0.123. The lowest BCUT2D eigenvalue weighted by Crippen LogP contribution is -2.20. The number of carbonyl (C=O) groups excluding carboxylic acids is 2. The van der Waals surface area contributed by atoms with Crippen molar-refractivity contribution in [1.29, 1.82) is 0 Å². The molecule has 0 aromatic heterocycles. The Morgan fingerprint density at radius 2 is 1.65 bits per heavy atom. The first-order chi connectivity index (χ1) is 15.0. The van der Waals surface area contributed by atoms with E-state index in [4.69, 9.17) is 4.74 Å². The van der Waals surface area contributed by atoms with Gasteiger partial charge >= 0.3 is 0 Å². The first kappa shape index (κ1) is 22.6. The van der Waals surface area contributed by atoms with Crippen molar-refractivity contribution < 1.29 is 14.3 Å². The van der Waals surface area contributed by atoms with E-state index in [1.807, 2.05) is 36.4 Å². The molecule has 3 aromatic carbocycles. The molecule has 3 rings (SSSR count). The van der Waals surface area contributed by atoms with Gasteiger partial charge in [0, 0.05) is 16.9 Å². The Labute approximate surface area is 191 Å². The standard InChI is InChI=1S/C25H25BrN2O3/c1-3-17(2)19-12-13-23(22(26)14-19)31-16-24(29)27-20-10-7-11-21(15-20)28-25(30)18-8-5-4-6-9-18/h4-15,17H,3,16H2,1-2H3,(H,27,29)(H,28,30). The summed E-state index contributed by atoms with van der Waals surface area (Å²) in [5, 5.41) is 5.62. The maximum Gasteiger partial charge on any atom is 0.262 e. The van der Waals surface area contributed by atoms with Crippen LogP contribution >= 0.6 is 15.9 Å². The second-order valence-corrected chi connectivity index (χ2v) is 8.09. The summed E-state index contributed by atoms with van der Waals surface area (Å²) in [5.41, 5.74) is 2.96. The van der Waals surface area contributed by atoms with E-state index in [-0.39, 0.29) is 18.4 Å². The molecule has 0 spiro atoms. The SMILES string of the molecule is CCC(C)c1ccc(OCC(=O)Nc2cccc(NC(=O)c3ccccc3)c2)c(Br)c1. The van der Waals surface area contributed by atoms with Crippen LogP contribution in [0.1, 0.15) is 42.1 Å².